The van der Waals surface area contributed by atoms with Crippen LogP contribution in [0.1, 0.15) is 206 Å². The zero-order valence-electron chi connectivity index (χ0n) is 37.5. The second kappa shape index (κ2) is 44.1. The van der Waals surface area contributed by atoms with Crippen LogP contribution in [0.5, 0.6) is 0 Å². The van der Waals surface area contributed by atoms with Crippen molar-refractivity contribution in [1.82, 2.24) is 10.6 Å². The molecule has 0 saturated heterocycles. The molecule has 59 heavy (non-hydrogen) atoms. The molecule has 338 valence electrons. The molecule has 0 heterocycles. The van der Waals surface area contributed by atoms with E-state index in [-0.39, 0.29) is 30.9 Å². The number of aliphatic carboxylic acids is 1. The van der Waals surface area contributed by atoms with Gasteiger partial charge >= 0.3 is 11.9 Å². The van der Waals surface area contributed by atoms with E-state index >= 15 is 0 Å². The van der Waals surface area contributed by atoms with Crippen LogP contribution in [0, 0.1) is 0 Å². The van der Waals surface area contributed by atoms with E-state index in [1.54, 1.807) is 0 Å². The molecule has 2 atom stereocenters. The topological polar surface area (TPSA) is 142 Å². The minimum Gasteiger partial charge on any atom is -0.480 e. The Morgan fingerprint density at radius 1 is 0.525 bits per heavy atom. The summed E-state index contributed by atoms with van der Waals surface area (Å²) in [6, 6.07) is -1.39. The van der Waals surface area contributed by atoms with Crippen molar-refractivity contribution in [2.75, 3.05) is 13.2 Å². The second-order valence-electron chi connectivity index (χ2n) is 15.8. The van der Waals surface area contributed by atoms with Crippen LogP contribution in [0.3, 0.4) is 0 Å². The average molecular weight is 827 g/mol. The molecule has 4 N–H and O–H groups in total. The van der Waals surface area contributed by atoms with Crippen molar-refractivity contribution in [2.45, 2.75) is 219 Å². The van der Waals surface area contributed by atoms with Crippen LogP contribution in [-0.2, 0) is 23.9 Å². The number of carboxylic acids is 1. The molecular weight excluding hydrogens is 741 g/mol. The fourth-order valence-corrected chi connectivity index (χ4v) is 6.68. The lowest BCUT2D eigenvalue weighted by Crippen LogP contribution is -2.47. The van der Waals surface area contributed by atoms with Gasteiger partial charge in [-0.05, 0) is 83.5 Å². The average Bonchev–Trinajstić information content (AvgIpc) is 3.22. The standard InChI is InChI=1S/C50H86N2O7/c1-3-5-7-9-11-13-15-17-18-19-20-21-22-23-25-27-29-34-38-42-49(56)59-45(39-35-31-28-26-24-16-14-12-10-8-6-4-2)40-36-32-30-33-37-41-47(54)51-43-48(55)52-46(44-53)50(57)58/h5,7,11,13,17-18,20-21,23,25,45-46,53H,3-4,6,8-10,12,14-16,19,22,24,26-44H2,1-2H3,(H,51,54)(H,52,55)(H,57,58)/b7-5-,13-11-,18-17-,21-20-,25-23-. The lowest BCUT2D eigenvalue weighted by molar-refractivity contribution is -0.150. The molecule has 0 aromatic heterocycles. The van der Waals surface area contributed by atoms with E-state index in [9.17, 15) is 19.2 Å². The predicted octanol–water partition coefficient (Wildman–Crippen LogP) is 12.1. The number of hydrogen-bond donors (Lipinski definition) is 4. The maximum atomic E-state index is 12.8. The fourth-order valence-electron chi connectivity index (χ4n) is 6.68. The molecule has 0 spiro atoms. The third kappa shape index (κ3) is 41.1. The number of carboxylic acid groups (broad SMARTS) is 1. The highest BCUT2D eigenvalue weighted by atomic mass is 16.5. The third-order valence-electron chi connectivity index (χ3n) is 10.3. The van der Waals surface area contributed by atoms with Crippen molar-refractivity contribution in [2.24, 2.45) is 0 Å². The number of rotatable bonds is 42. The van der Waals surface area contributed by atoms with Crippen LogP contribution >= 0.6 is 0 Å². The van der Waals surface area contributed by atoms with Crippen LogP contribution in [0.25, 0.3) is 0 Å². The molecule has 9 nitrogen and oxygen atoms in total. The summed E-state index contributed by atoms with van der Waals surface area (Å²) in [7, 11) is 0. The molecule has 2 unspecified atom stereocenters. The summed E-state index contributed by atoms with van der Waals surface area (Å²) in [5.74, 6) is -2.32. The molecule has 0 radical (unpaired) electrons. The van der Waals surface area contributed by atoms with Crippen molar-refractivity contribution in [3.05, 3.63) is 60.8 Å². The summed E-state index contributed by atoms with van der Waals surface area (Å²) in [5.41, 5.74) is 0. The number of esters is 1. The molecule has 9 heteroatoms. The Morgan fingerprint density at radius 2 is 0.966 bits per heavy atom. The van der Waals surface area contributed by atoms with Gasteiger partial charge < -0.3 is 25.6 Å². The van der Waals surface area contributed by atoms with Gasteiger partial charge in [0.15, 0.2) is 0 Å². The minimum atomic E-state index is -1.39. The van der Waals surface area contributed by atoms with Gasteiger partial charge in [-0.1, -0.05) is 171 Å². The number of allylic oxidation sites excluding steroid dienone is 10. The normalized spacial score (nSPS) is 13.0. The molecule has 2 amide bonds. The molecule has 0 bridgehead atoms. The van der Waals surface area contributed by atoms with Crippen molar-refractivity contribution >= 4 is 23.8 Å². The van der Waals surface area contributed by atoms with E-state index in [0.29, 0.717) is 12.8 Å². The Kier molecular flexibility index (Phi) is 41.5. The van der Waals surface area contributed by atoms with Gasteiger partial charge in [0.25, 0.3) is 0 Å². The lowest BCUT2D eigenvalue weighted by Gasteiger charge is -2.18. The molecule has 0 aliphatic carbocycles. The molecule has 0 aliphatic heterocycles. The van der Waals surface area contributed by atoms with Crippen molar-refractivity contribution in [3.8, 4) is 0 Å². The van der Waals surface area contributed by atoms with E-state index in [1.807, 2.05) is 0 Å². The maximum absolute atomic E-state index is 12.8. The van der Waals surface area contributed by atoms with Gasteiger partial charge in [-0.2, -0.15) is 0 Å². The van der Waals surface area contributed by atoms with Gasteiger partial charge in [0.05, 0.1) is 13.2 Å². The monoisotopic (exact) mass is 827 g/mol. The SMILES string of the molecule is CC/C=C\C/C=C\C/C=C\C/C=C\C/C=C\CCCCCC(=O)OC(CCCCCCCCCCCCCC)CCCCCCCC(=O)NCC(=O)NC(CO)C(=O)O. The molecule has 0 fully saturated rings. The molecule has 0 saturated carbocycles. The number of aliphatic hydroxyl groups is 1. The van der Waals surface area contributed by atoms with Crippen molar-refractivity contribution in [1.29, 1.82) is 0 Å². The van der Waals surface area contributed by atoms with Crippen LogP contribution in [0.4, 0.5) is 0 Å². The number of carbonyl (C=O) groups is 4. The Bertz CT molecular complexity index is 1180. The largest absolute Gasteiger partial charge is 0.480 e. The van der Waals surface area contributed by atoms with E-state index in [4.69, 9.17) is 14.9 Å². The van der Waals surface area contributed by atoms with Gasteiger partial charge in [-0.3, -0.25) is 14.4 Å². The predicted molar refractivity (Wildman–Crippen MR) is 245 cm³/mol. The molecule has 0 aromatic carbocycles. The van der Waals surface area contributed by atoms with Gasteiger partial charge in [-0.25, -0.2) is 4.79 Å². The van der Waals surface area contributed by atoms with Gasteiger partial charge in [0, 0.05) is 12.8 Å². The smallest absolute Gasteiger partial charge is 0.328 e. The zero-order valence-corrected chi connectivity index (χ0v) is 37.5. The first kappa shape index (κ1) is 55.5. The van der Waals surface area contributed by atoms with E-state index in [0.717, 1.165) is 103 Å². The van der Waals surface area contributed by atoms with Gasteiger partial charge in [-0.15, -0.1) is 0 Å². The number of unbranched alkanes of at least 4 members (excludes halogenated alkanes) is 18. The van der Waals surface area contributed by atoms with Crippen molar-refractivity contribution in [3.63, 3.8) is 0 Å². The minimum absolute atomic E-state index is 0.0320. The highest BCUT2D eigenvalue weighted by Crippen LogP contribution is 2.19. The lowest BCUT2D eigenvalue weighted by atomic mass is 10.0. The second-order valence-corrected chi connectivity index (χ2v) is 15.8. The third-order valence-corrected chi connectivity index (χ3v) is 10.3. The highest BCUT2D eigenvalue weighted by Gasteiger charge is 2.19. The molecule has 0 rings (SSSR count). The van der Waals surface area contributed by atoms with Crippen molar-refractivity contribution < 1.29 is 34.1 Å². The number of amides is 2. The van der Waals surface area contributed by atoms with Crippen LogP contribution in [0.15, 0.2) is 60.8 Å². The Labute approximate surface area is 360 Å². The first-order valence-electron chi connectivity index (χ1n) is 23.7. The summed E-state index contributed by atoms with van der Waals surface area (Å²) in [5, 5.41) is 22.6. The Hall–Kier alpha value is -3.46. The number of carbonyl (C=O) groups excluding carboxylic acids is 3. The van der Waals surface area contributed by atoms with Gasteiger partial charge in [0.1, 0.15) is 12.1 Å². The summed E-state index contributed by atoms with van der Waals surface area (Å²) >= 11 is 0. The summed E-state index contributed by atoms with van der Waals surface area (Å²) in [6.07, 6.45) is 53.9. The Morgan fingerprint density at radius 3 is 1.46 bits per heavy atom. The summed E-state index contributed by atoms with van der Waals surface area (Å²) in [4.78, 5) is 47.7. The maximum Gasteiger partial charge on any atom is 0.328 e. The summed E-state index contributed by atoms with van der Waals surface area (Å²) in [6.45, 7) is 3.37. The van der Waals surface area contributed by atoms with Crippen LogP contribution < -0.4 is 10.6 Å². The van der Waals surface area contributed by atoms with E-state index < -0.39 is 24.5 Å². The van der Waals surface area contributed by atoms with Crippen LogP contribution in [-0.4, -0.2) is 59.3 Å². The Balaban J connectivity index is 4.36. The zero-order chi connectivity index (χ0) is 43.3. The first-order chi connectivity index (χ1) is 28.8. The van der Waals surface area contributed by atoms with Gasteiger partial charge in [0.2, 0.25) is 11.8 Å². The molecular formula is C50H86N2O7. The number of ether oxygens (including phenoxy) is 1. The van der Waals surface area contributed by atoms with E-state index in [2.05, 4.69) is 85.2 Å². The molecule has 0 aliphatic rings. The quantitative estimate of drug-likeness (QED) is 0.0273. The fraction of sp³-hybridized carbons (Fsp3) is 0.720. The number of hydrogen-bond acceptors (Lipinski definition) is 6. The first-order valence-corrected chi connectivity index (χ1v) is 23.7. The van der Waals surface area contributed by atoms with Crippen LogP contribution in [0.2, 0.25) is 0 Å². The highest BCUT2D eigenvalue weighted by molar-refractivity contribution is 5.87. The number of nitrogens with one attached hydrogen (secondary N) is 2. The van der Waals surface area contributed by atoms with E-state index in [1.165, 1.54) is 70.6 Å². The molecule has 0 aromatic rings. The summed E-state index contributed by atoms with van der Waals surface area (Å²) < 4.78 is 6.03. The number of aliphatic hydroxyl groups excluding tert-OH is 1.